The van der Waals surface area contributed by atoms with E-state index in [-0.39, 0.29) is 11.5 Å². The number of fused-ring (bicyclic) bond motifs is 1. The topological polar surface area (TPSA) is 26.1 Å². The molecule has 0 radical (unpaired) electrons. The van der Waals surface area contributed by atoms with Crippen molar-refractivity contribution in [1.82, 2.24) is 0 Å². The summed E-state index contributed by atoms with van der Waals surface area (Å²) in [5.74, 6) is 0.521. The number of allylic oxidation sites excluding steroid dienone is 1. The summed E-state index contributed by atoms with van der Waals surface area (Å²) in [7, 11) is 0. The molecule has 0 aromatic heterocycles. The van der Waals surface area contributed by atoms with Gasteiger partial charge in [-0.25, -0.2) is 4.74 Å². The summed E-state index contributed by atoms with van der Waals surface area (Å²) in [6.45, 7) is 2.31. The Kier molecular flexibility index (Phi) is 3.21. The monoisotopic (exact) mass is 247 g/mol. The van der Waals surface area contributed by atoms with Gasteiger partial charge in [0.05, 0.1) is 5.41 Å². The van der Waals surface area contributed by atoms with Crippen molar-refractivity contribution in [3.05, 3.63) is 17.4 Å². The van der Waals surface area contributed by atoms with E-state index in [0.717, 1.165) is 12.1 Å². The van der Waals surface area contributed by atoms with E-state index in [0.29, 0.717) is 5.92 Å². The Hall–Kier alpha value is -0.790. The fourth-order valence-corrected chi connectivity index (χ4v) is 4.18. The van der Waals surface area contributed by atoms with Gasteiger partial charge in [0, 0.05) is 18.4 Å². The second-order valence-corrected chi connectivity index (χ2v) is 6.71. The highest BCUT2D eigenvalue weighted by atomic mass is 16.5. The molecule has 2 nitrogen and oxygen atoms in total. The normalized spacial score (nSPS) is 35.4. The molecule has 2 saturated carbocycles. The van der Waals surface area contributed by atoms with E-state index < -0.39 is 0 Å². The van der Waals surface area contributed by atoms with Crippen molar-refractivity contribution in [3.63, 3.8) is 0 Å². The highest BCUT2D eigenvalue weighted by Gasteiger charge is 2.42. The molecule has 1 heterocycles. The van der Waals surface area contributed by atoms with Crippen molar-refractivity contribution >= 4 is 5.71 Å². The maximum atomic E-state index is 12.7. The van der Waals surface area contributed by atoms with Crippen LogP contribution in [0.25, 0.3) is 0 Å². The van der Waals surface area contributed by atoms with Gasteiger partial charge in [-0.3, -0.25) is 0 Å². The lowest BCUT2D eigenvalue weighted by atomic mass is 9.70. The molecular formula is C16H25NO. The Morgan fingerprint density at radius 2 is 1.83 bits per heavy atom. The van der Waals surface area contributed by atoms with E-state index in [1.807, 2.05) is 0 Å². The van der Waals surface area contributed by atoms with Crippen molar-refractivity contribution in [2.45, 2.75) is 70.8 Å². The Labute approximate surface area is 110 Å². The first-order valence-electron chi connectivity index (χ1n) is 7.73. The third-order valence-electron chi connectivity index (χ3n) is 5.40. The number of hydroxylamine groups is 1. The molecule has 3 aliphatic rings. The van der Waals surface area contributed by atoms with Gasteiger partial charge in [0.15, 0.2) is 11.8 Å². The standard InChI is InChI=1S/C16H25NO/c1-16(11-5-2-6-12-16)15-10-9-13-7-3-4-8-14(13)17(15)18/h9-10,13-14H,2-8,11-12H2,1H3/t13-,14?/m1/s1. The fraction of sp³-hybridized carbons (Fsp3) is 0.812. The summed E-state index contributed by atoms with van der Waals surface area (Å²) < 4.78 is 1.41. The summed E-state index contributed by atoms with van der Waals surface area (Å²) in [5, 5.41) is 12.7. The fourth-order valence-electron chi connectivity index (χ4n) is 4.18. The first-order valence-corrected chi connectivity index (χ1v) is 7.73. The van der Waals surface area contributed by atoms with E-state index in [1.165, 1.54) is 56.1 Å². The van der Waals surface area contributed by atoms with Crippen LogP contribution in [0, 0.1) is 16.5 Å². The molecule has 18 heavy (non-hydrogen) atoms. The molecule has 100 valence electrons. The van der Waals surface area contributed by atoms with Crippen LogP contribution in [0.4, 0.5) is 0 Å². The molecule has 3 rings (SSSR count). The van der Waals surface area contributed by atoms with Crippen LogP contribution in [0.1, 0.15) is 64.7 Å². The van der Waals surface area contributed by atoms with Crippen LogP contribution in [0.5, 0.6) is 0 Å². The predicted octanol–water partition coefficient (Wildman–Crippen LogP) is 4.04. The SMILES string of the molecule is CC1(C2=[N+]([O-])C3CCCC[C@@H]3C=C2)CCCCC1. The van der Waals surface area contributed by atoms with Crippen LogP contribution >= 0.6 is 0 Å². The number of hydrogen-bond donors (Lipinski definition) is 0. The van der Waals surface area contributed by atoms with E-state index in [1.54, 1.807) is 0 Å². The summed E-state index contributed by atoms with van der Waals surface area (Å²) in [5.41, 5.74) is 1.24. The van der Waals surface area contributed by atoms with Crippen LogP contribution < -0.4 is 0 Å². The lowest BCUT2D eigenvalue weighted by Gasteiger charge is -2.38. The van der Waals surface area contributed by atoms with Crippen LogP contribution in [-0.2, 0) is 0 Å². The first-order chi connectivity index (χ1) is 8.71. The van der Waals surface area contributed by atoms with E-state index in [2.05, 4.69) is 19.1 Å². The lowest BCUT2D eigenvalue weighted by molar-refractivity contribution is -0.517. The maximum Gasteiger partial charge on any atom is 0.192 e. The molecule has 0 aromatic carbocycles. The van der Waals surface area contributed by atoms with Gasteiger partial charge in [0.25, 0.3) is 0 Å². The number of rotatable bonds is 1. The number of nitrogens with zero attached hydrogens (tertiary/aromatic N) is 1. The Bertz CT molecular complexity index is 377. The molecule has 0 aromatic rings. The molecular weight excluding hydrogens is 222 g/mol. The molecule has 1 aliphatic heterocycles. The van der Waals surface area contributed by atoms with E-state index in [9.17, 15) is 5.21 Å². The molecule has 0 bridgehead atoms. The second-order valence-electron chi connectivity index (χ2n) is 6.71. The summed E-state index contributed by atoms with van der Waals surface area (Å²) >= 11 is 0. The minimum absolute atomic E-state index is 0.152. The minimum atomic E-state index is 0.152. The van der Waals surface area contributed by atoms with Crippen LogP contribution in [0.2, 0.25) is 0 Å². The largest absolute Gasteiger partial charge is 0.623 e. The lowest BCUT2D eigenvalue weighted by Crippen LogP contribution is -2.44. The van der Waals surface area contributed by atoms with Crippen LogP contribution in [-0.4, -0.2) is 16.5 Å². The Morgan fingerprint density at radius 1 is 1.11 bits per heavy atom. The Morgan fingerprint density at radius 3 is 2.61 bits per heavy atom. The van der Waals surface area contributed by atoms with Gasteiger partial charge >= 0.3 is 0 Å². The quantitative estimate of drug-likeness (QED) is 0.507. The van der Waals surface area contributed by atoms with Gasteiger partial charge in [-0.15, -0.1) is 0 Å². The zero-order valence-corrected chi connectivity index (χ0v) is 11.5. The average molecular weight is 247 g/mol. The molecule has 2 atom stereocenters. The summed E-state index contributed by atoms with van der Waals surface area (Å²) in [4.78, 5) is 0. The molecule has 2 fully saturated rings. The predicted molar refractivity (Wildman–Crippen MR) is 74.7 cm³/mol. The molecule has 0 saturated heterocycles. The van der Waals surface area contributed by atoms with Crippen molar-refractivity contribution in [1.29, 1.82) is 0 Å². The molecule has 2 heteroatoms. The summed E-state index contributed by atoms with van der Waals surface area (Å²) in [6, 6.07) is 0.248. The zero-order chi connectivity index (χ0) is 12.6. The molecule has 0 amide bonds. The Balaban J connectivity index is 1.88. The first kappa shape index (κ1) is 12.3. The minimum Gasteiger partial charge on any atom is -0.623 e. The smallest absolute Gasteiger partial charge is 0.192 e. The van der Waals surface area contributed by atoms with Gasteiger partial charge in [-0.1, -0.05) is 31.8 Å². The highest BCUT2D eigenvalue weighted by Crippen LogP contribution is 2.40. The van der Waals surface area contributed by atoms with E-state index >= 15 is 0 Å². The van der Waals surface area contributed by atoms with E-state index in [4.69, 9.17) is 0 Å². The molecule has 0 N–H and O–H groups in total. The third-order valence-corrected chi connectivity index (χ3v) is 5.40. The van der Waals surface area contributed by atoms with Gasteiger partial charge < -0.3 is 5.21 Å². The van der Waals surface area contributed by atoms with Crippen molar-refractivity contribution in [2.75, 3.05) is 0 Å². The van der Waals surface area contributed by atoms with Crippen molar-refractivity contribution in [2.24, 2.45) is 11.3 Å². The van der Waals surface area contributed by atoms with Crippen molar-refractivity contribution in [3.8, 4) is 0 Å². The molecule has 0 spiro atoms. The average Bonchev–Trinajstić information content (AvgIpc) is 2.40. The number of hydrogen-bond acceptors (Lipinski definition) is 1. The van der Waals surface area contributed by atoms with Gasteiger partial charge in [-0.05, 0) is 32.6 Å². The molecule has 2 aliphatic carbocycles. The maximum absolute atomic E-state index is 12.7. The van der Waals surface area contributed by atoms with Crippen LogP contribution in [0.15, 0.2) is 12.2 Å². The summed E-state index contributed by atoms with van der Waals surface area (Å²) in [6.07, 6.45) is 15.7. The molecule has 1 unspecified atom stereocenters. The zero-order valence-electron chi connectivity index (χ0n) is 11.5. The van der Waals surface area contributed by atoms with Gasteiger partial charge in [0.1, 0.15) is 0 Å². The highest BCUT2D eigenvalue weighted by molar-refractivity contribution is 5.96. The van der Waals surface area contributed by atoms with Gasteiger partial charge in [-0.2, -0.15) is 0 Å². The third kappa shape index (κ3) is 2.00. The van der Waals surface area contributed by atoms with Crippen LogP contribution in [0.3, 0.4) is 0 Å². The van der Waals surface area contributed by atoms with Crippen molar-refractivity contribution < 1.29 is 4.74 Å². The van der Waals surface area contributed by atoms with Gasteiger partial charge in [0.2, 0.25) is 0 Å². The second kappa shape index (κ2) is 4.71.